The first-order chi connectivity index (χ1) is 9.76. The normalized spacial score (nSPS) is 14.1. The Balaban J connectivity index is 1.87. The van der Waals surface area contributed by atoms with Crippen LogP contribution in [0.5, 0.6) is 5.75 Å². The third kappa shape index (κ3) is 3.02. The van der Waals surface area contributed by atoms with Crippen LogP contribution in [-0.4, -0.2) is 16.6 Å². The topological polar surface area (TPSA) is 47.0 Å². The molecular formula is C15H16ClN3O. The van der Waals surface area contributed by atoms with Crippen LogP contribution in [-0.2, 0) is 0 Å². The quantitative estimate of drug-likeness (QED) is 0.840. The zero-order valence-corrected chi connectivity index (χ0v) is 12.0. The molecule has 3 rings (SSSR count). The Labute approximate surface area is 123 Å². The summed E-state index contributed by atoms with van der Waals surface area (Å²) in [5.41, 5.74) is 0.880. The van der Waals surface area contributed by atoms with E-state index in [1.165, 1.54) is 0 Å². The molecule has 1 saturated carbocycles. The van der Waals surface area contributed by atoms with E-state index in [-0.39, 0.29) is 0 Å². The maximum atomic E-state index is 6.07. The first-order valence-electron chi connectivity index (χ1n) is 6.79. The van der Waals surface area contributed by atoms with Gasteiger partial charge in [-0.1, -0.05) is 23.7 Å². The maximum absolute atomic E-state index is 6.07. The zero-order chi connectivity index (χ0) is 13.9. The molecule has 1 aliphatic rings. The van der Waals surface area contributed by atoms with Crippen molar-refractivity contribution in [3.63, 3.8) is 0 Å². The summed E-state index contributed by atoms with van der Waals surface area (Å²) in [6, 6.07) is 9.51. The van der Waals surface area contributed by atoms with E-state index in [1.54, 1.807) is 6.07 Å². The number of anilines is 2. The third-order valence-electron chi connectivity index (χ3n) is 3.10. The Hall–Kier alpha value is -1.81. The summed E-state index contributed by atoms with van der Waals surface area (Å²) in [6.07, 6.45) is 2.30. The van der Waals surface area contributed by atoms with Crippen molar-refractivity contribution >= 4 is 23.1 Å². The highest BCUT2D eigenvalue weighted by Crippen LogP contribution is 2.39. The Kier molecular flexibility index (Phi) is 3.74. The second kappa shape index (κ2) is 5.67. The molecule has 0 unspecified atom stereocenters. The number of halogens is 1. The number of rotatable bonds is 5. The van der Waals surface area contributed by atoms with Gasteiger partial charge in [-0.25, -0.2) is 9.97 Å². The lowest BCUT2D eigenvalue weighted by atomic mass is 10.3. The van der Waals surface area contributed by atoms with Gasteiger partial charge in [0.25, 0.3) is 0 Å². The van der Waals surface area contributed by atoms with Gasteiger partial charge in [0.05, 0.1) is 12.3 Å². The molecule has 4 nitrogen and oxygen atoms in total. The van der Waals surface area contributed by atoms with Crippen LogP contribution >= 0.6 is 11.6 Å². The van der Waals surface area contributed by atoms with Crippen molar-refractivity contribution in [3.05, 3.63) is 41.3 Å². The van der Waals surface area contributed by atoms with Gasteiger partial charge in [-0.15, -0.1) is 0 Å². The fourth-order valence-corrected chi connectivity index (χ4v) is 2.20. The average Bonchev–Trinajstić information content (AvgIpc) is 3.25. The van der Waals surface area contributed by atoms with Crippen LogP contribution in [0.3, 0.4) is 0 Å². The van der Waals surface area contributed by atoms with Crippen LogP contribution in [0.25, 0.3) is 0 Å². The summed E-state index contributed by atoms with van der Waals surface area (Å²) < 4.78 is 5.59. The van der Waals surface area contributed by atoms with Gasteiger partial charge in [-0.3, -0.25) is 0 Å². The molecule has 1 N–H and O–H groups in total. The van der Waals surface area contributed by atoms with Crippen molar-refractivity contribution in [2.24, 2.45) is 0 Å². The summed E-state index contributed by atoms with van der Waals surface area (Å²) in [4.78, 5) is 8.81. The van der Waals surface area contributed by atoms with Crippen LogP contribution < -0.4 is 10.1 Å². The summed E-state index contributed by atoms with van der Waals surface area (Å²) in [5, 5.41) is 3.73. The molecule has 1 fully saturated rings. The van der Waals surface area contributed by atoms with E-state index >= 15 is 0 Å². The molecule has 1 aliphatic carbocycles. The number of benzene rings is 1. The molecular weight excluding hydrogens is 274 g/mol. The molecule has 0 spiro atoms. The molecule has 0 bridgehead atoms. The monoisotopic (exact) mass is 289 g/mol. The highest BCUT2D eigenvalue weighted by molar-refractivity contribution is 6.29. The number of nitrogens with zero attached hydrogens (tertiary/aromatic N) is 2. The Bertz CT molecular complexity index is 614. The van der Waals surface area contributed by atoms with E-state index in [4.69, 9.17) is 16.3 Å². The fraction of sp³-hybridized carbons (Fsp3) is 0.333. The lowest BCUT2D eigenvalue weighted by Crippen LogP contribution is -2.01. The smallest absolute Gasteiger partial charge is 0.142 e. The van der Waals surface area contributed by atoms with Crippen LogP contribution in [0.1, 0.15) is 31.5 Å². The number of ether oxygens (including phenoxy) is 1. The van der Waals surface area contributed by atoms with Gasteiger partial charge in [-0.05, 0) is 31.9 Å². The Morgan fingerprint density at radius 1 is 1.30 bits per heavy atom. The molecule has 20 heavy (non-hydrogen) atoms. The molecule has 1 heterocycles. The Morgan fingerprint density at radius 3 is 2.85 bits per heavy atom. The van der Waals surface area contributed by atoms with E-state index in [0.29, 0.717) is 23.5 Å². The highest BCUT2D eigenvalue weighted by atomic mass is 35.5. The van der Waals surface area contributed by atoms with Gasteiger partial charge in [0, 0.05) is 12.0 Å². The predicted molar refractivity (Wildman–Crippen MR) is 79.9 cm³/mol. The van der Waals surface area contributed by atoms with Crippen molar-refractivity contribution < 1.29 is 4.74 Å². The average molecular weight is 290 g/mol. The maximum Gasteiger partial charge on any atom is 0.142 e. The first-order valence-corrected chi connectivity index (χ1v) is 7.17. The molecule has 0 saturated heterocycles. The van der Waals surface area contributed by atoms with Gasteiger partial charge in [0.15, 0.2) is 0 Å². The van der Waals surface area contributed by atoms with Gasteiger partial charge in [-0.2, -0.15) is 0 Å². The number of para-hydroxylation sites is 2. The fourth-order valence-electron chi connectivity index (χ4n) is 2.01. The molecule has 104 valence electrons. The largest absolute Gasteiger partial charge is 0.492 e. The molecule has 0 radical (unpaired) electrons. The van der Waals surface area contributed by atoms with Gasteiger partial charge in [0.2, 0.25) is 0 Å². The lowest BCUT2D eigenvalue weighted by molar-refractivity contribution is 0.342. The highest BCUT2D eigenvalue weighted by Gasteiger charge is 2.27. The molecule has 1 aromatic carbocycles. The van der Waals surface area contributed by atoms with Crippen LogP contribution in [0.15, 0.2) is 30.3 Å². The second-order valence-corrected chi connectivity index (χ2v) is 5.15. The molecule has 0 amide bonds. The molecule has 1 aromatic heterocycles. The van der Waals surface area contributed by atoms with E-state index in [9.17, 15) is 0 Å². The SMILES string of the molecule is CCOc1ccccc1Nc1cc(Cl)nc(C2CC2)n1. The van der Waals surface area contributed by atoms with Crippen molar-refractivity contribution in [2.75, 3.05) is 11.9 Å². The van der Waals surface area contributed by atoms with Crippen molar-refractivity contribution in [1.82, 2.24) is 9.97 Å². The molecule has 0 aliphatic heterocycles. The minimum Gasteiger partial charge on any atom is -0.492 e. The predicted octanol–water partition coefficient (Wildman–Crippen LogP) is 4.15. The first kappa shape index (κ1) is 13.2. The number of nitrogens with one attached hydrogen (secondary N) is 1. The second-order valence-electron chi connectivity index (χ2n) is 4.76. The summed E-state index contributed by atoms with van der Waals surface area (Å²) in [5.74, 6) is 2.81. The summed E-state index contributed by atoms with van der Waals surface area (Å²) in [6.45, 7) is 2.58. The summed E-state index contributed by atoms with van der Waals surface area (Å²) in [7, 11) is 0. The van der Waals surface area contributed by atoms with Crippen molar-refractivity contribution in [3.8, 4) is 5.75 Å². The summed E-state index contributed by atoms with van der Waals surface area (Å²) >= 11 is 6.07. The number of hydrogen-bond acceptors (Lipinski definition) is 4. The van der Waals surface area contributed by atoms with Gasteiger partial charge < -0.3 is 10.1 Å². The molecule has 5 heteroatoms. The lowest BCUT2D eigenvalue weighted by Gasteiger charge is -2.12. The third-order valence-corrected chi connectivity index (χ3v) is 3.30. The Morgan fingerprint density at radius 2 is 2.10 bits per heavy atom. The van der Waals surface area contributed by atoms with E-state index in [2.05, 4.69) is 15.3 Å². The van der Waals surface area contributed by atoms with E-state index in [1.807, 2.05) is 31.2 Å². The molecule has 2 aromatic rings. The van der Waals surface area contributed by atoms with Crippen molar-refractivity contribution in [2.45, 2.75) is 25.7 Å². The van der Waals surface area contributed by atoms with Crippen LogP contribution in [0.4, 0.5) is 11.5 Å². The minimum absolute atomic E-state index is 0.469. The standard InChI is InChI=1S/C15H16ClN3O/c1-2-20-12-6-4-3-5-11(12)17-14-9-13(16)18-15(19-14)10-7-8-10/h3-6,9-10H,2,7-8H2,1H3,(H,17,18,19). The van der Waals surface area contributed by atoms with Gasteiger partial charge in [0.1, 0.15) is 22.5 Å². The minimum atomic E-state index is 0.469. The van der Waals surface area contributed by atoms with Crippen LogP contribution in [0, 0.1) is 0 Å². The number of aromatic nitrogens is 2. The van der Waals surface area contributed by atoms with Crippen LogP contribution in [0.2, 0.25) is 5.15 Å². The zero-order valence-electron chi connectivity index (χ0n) is 11.3. The molecule has 0 atom stereocenters. The van der Waals surface area contributed by atoms with E-state index < -0.39 is 0 Å². The van der Waals surface area contributed by atoms with Crippen molar-refractivity contribution in [1.29, 1.82) is 0 Å². The van der Waals surface area contributed by atoms with Gasteiger partial charge >= 0.3 is 0 Å². The number of hydrogen-bond donors (Lipinski definition) is 1. The van der Waals surface area contributed by atoms with E-state index in [0.717, 1.165) is 30.1 Å².